The summed E-state index contributed by atoms with van der Waals surface area (Å²) >= 11 is 0. The van der Waals surface area contributed by atoms with E-state index in [2.05, 4.69) is 0 Å². The van der Waals surface area contributed by atoms with Gasteiger partial charge in [0.2, 0.25) is 5.91 Å². The first-order valence-electron chi connectivity index (χ1n) is 3.95. The highest BCUT2D eigenvalue weighted by Crippen LogP contribution is 2.01. The number of carboxylic acid groups (broad SMARTS) is 1. The monoisotopic (exact) mass is 188 g/mol. The minimum Gasteiger partial charge on any atom is -0.480 e. The number of rotatable bonds is 4. The molecule has 0 aromatic rings. The molecule has 0 aromatic carbocycles. The second kappa shape index (κ2) is 4.81. The molecule has 0 spiro atoms. The summed E-state index contributed by atoms with van der Waals surface area (Å²) in [5, 5.41) is 8.76. The van der Waals surface area contributed by atoms with Crippen LogP contribution in [0.2, 0.25) is 0 Å². The normalized spacial score (nSPS) is 12.7. The maximum absolute atomic E-state index is 11.2. The van der Waals surface area contributed by atoms with Gasteiger partial charge in [0.05, 0.1) is 6.42 Å². The second-order valence-corrected chi connectivity index (χ2v) is 3.31. The Hall–Kier alpha value is -1.10. The van der Waals surface area contributed by atoms with Gasteiger partial charge >= 0.3 is 5.97 Å². The van der Waals surface area contributed by atoms with Gasteiger partial charge in [0, 0.05) is 14.1 Å². The van der Waals surface area contributed by atoms with Gasteiger partial charge in [-0.1, -0.05) is 0 Å². The molecule has 1 unspecified atom stereocenters. The predicted molar refractivity (Wildman–Crippen MR) is 48.4 cm³/mol. The summed E-state index contributed by atoms with van der Waals surface area (Å²) in [4.78, 5) is 24.8. The van der Waals surface area contributed by atoms with E-state index in [1.807, 2.05) is 0 Å². The lowest BCUT2D eigenvalue weighted by Crippen LogP contribution is -2.40. The van der Waals surface area contributed by atoms with Crippen LogP contribution in [0.15, 0.2) is 0 Å². The van der Waals surface area contributed by atoms with Crippen molar-refractivity contribution >= 4 is 11.9 Å². The van der Waals surface area contributed by atoms with E-state index in [9.17, 15) is 9.59 Å². The molecule has 5 nitrogen and oxygen atoms in total. The molecule has 0 rings (SSSR count). The Balaban J connectivity index is 4.27. The van der Waals surface area contributed by atoms with Crippen molar-refractivity contribution in [3.63, 3.8) is 0 Å². The summed E-state index contributed by atoms with van der Waals surface area (Å²) in [6, 6.07) is -0.741. The van der Waals surface area contributed by atoms with Gasteiger partial charge in [0.25, 0.3) is 0 Å². The summed E-state index contributed by atoms with van der Waals surface area (Å²) < 4.78 is 0. The largest absolute Gasteiger partial charge is 0.480 e. The van der Waals surface area contributed by atoms with Crippen LogP contribution in [0.1, 0.15) is 6.42 Å². The van der Waals surface area contributed by atoms with E-state index >= 15 is 0 Å². The highest BCUT2D eigenvalue weighted by Gasteiger charge is 2.23. The Kier molecular flexibility index (Phi) is 4.40. The molecule has 1 N–H and O–H groups in total. The van der Waals surface area contributed by atoms with Gasteiger partial charge in [-0.15, -0.1) is 0 Å². The lowest BCUT2D eigenvalue weighted by Gasteiger charge is -2.21. The Labute approximate surface area is 77.9 Å². The number of aliphatic carboxylic acids is 1. The number of carboxylic acids is 1. The van der Waals surface area contributed by atoms with E-state index in [1.165, 1.54) is 9.80 Å². The Morgan fingerprint density at radius 1 is 1.23 bits per heavy atom. The summed E-state index contributed by atoms with van der Waals surface area (Å²) in [6.07, 6.45) is 0.00926. The number of carbonyl (C=O) groups excluding carboxylic acids is 1. The van der Waals surface area contributed by atoms with Crippen molar-refractivity contribution in [2.45, 2.75) is 12.5 Å². The smallest absolute Gasteiger partial charge is 0.321 e. The molecule has 0 aliphatic carbocycles. The number of hydrogen-bond donors (Lipinski definition) is 1. The molecular weight excluding hydrogens is 172 g/mol. The zero-order valence-corrected chi connectivity index (χ0v) is 8.44. The molecule has 0 heterocycles. The minimum absolute atomic E-state index is 0.00926. The van der Waals surface area contributed by atoms with E-state index in [1.54, 1.807) is 28.2 Å². The molecule has 76 valence electrons. The maximum atomic E-state index is 11.2. The van der Waals surface area contributed by atoms with Gasteiger partial charge < -0.3 is 10.0 Å². The molecule has 0 fully saturated rings. The third-order valence-electron chi connectivity index (χ3n) is 1.78. The van der Waals surface area contributed by atoms with Gasteiger partial charge in [0.1, 0.15) is 6.04 Å². The van der Waals surface area contributed by atoms with Crippen LogP contribution in [0.3, 0.4) is 0 Å². The first kappa shape index (κ1) is 11.9. The quantitative estimate of drug-likeness (QED) is 0.645. The summed E-state index contributed by atoms with van der Waals surface area (Å²) in [5.74, 6) is -1.15. The van der Waals surface area contributed by atoms with Crippen LogP contribution < -0.4 is 0 Å². The van der Waals surface area contributed by atoms with Gasteiger partial charge in [-0.25, -0.2) is 0 Å². The molecule has 5 heteroatoms. The SMILES string of the molecule is CN(C)C(=O)CC(C(=O)O)N(C)C. The molecule has 0 saturated carbocycles. The van der Waals surface area contributed by atoms with Crippen molar-refractivity contribution < 1.29 is 14.7 Å². The lowest BCUT2D eigenvalue weighted by atomic mass is 10.2. The average Bonchev–Trinajstić information content (AvgIpc) is 1.97. The minimum atomic E-state index is -0.972. The molecular formula is C8H16N2O3. The molecule has 0 aliphatic heterocycles. The predicted octanol–water partition coefficient (Wildman–Crippen LogP) is -0.520. The lowest BCUT2D eigenvalue weighted by molar-refractivity contribution is -0.145. The first-order chi connectivity index (χ1) is 5.86. The molecule has 0 aromatic heterocycles. The van der Waals surface area contributed by atoms with Crippen molar-refractivity contribution in [1.29, 1.82) is 0 Å². The number of likely N-dealkylation sites (N-methyl/N-ethyl adjacent to an activating group) is 1. The van der Waals surface area contributed by atoms with Gasteiger partial charge in [-0.3, -0.25) is 14.5 Å². The van der Waals surface area contributed by atoms with E-state index < -0.39 is 12.0 Å². The Morgan fingerprint density at radius 3 is 1.92 bits per heavy atom. The molecule has 1 amide bonds. The Bertz CT molecular complexity index is 202. The zero-order chi connectivity index (χ0) is 10.6. The highest BCUT2D eigenvalue weighted by molar-refractivity contribution is 5.84. The van der Waals surface area contributed by atoms with E-state index in [0.717, 1.165) is 0 Å². The summed E-state index contributed by atoms with van der Waals surface area (Å²) in [7, 11) is 6.50. The number of carbonyl (C=O) groups is 2. The number of amides is 1. The molecule has 0 aliphatic rings. The van der Waals surface area contributed by atoms with Crippen molar-refractivity contribution in [3.05, 3.63) is 0 Å². The van der Waals surface area contributed by atoms with E-state index in [4.69, 9.17) is 5.11 Å². The average molecular weight is 188 g/mol. The first-order valence-corrected chi connectivity index (χ1v) is 3.95. The number of hydrogen-bond acceptors (Lipinski definition) is 3. The summed E-state index contributed by atoms with van der Waals surface area (Å²) in [5.41, 5.74) is 0. The maximum Gasteiger partial charge on any atom is 0.321 e. The van der Waals surface area contributed by atoms with Crippen LogP contribution >= 0.6 is 0 Å². The van der Waals surface area contributed by atoms with Crippen LogP contribution in [0.5, 0.6) is 0 Å². The molecule has 0 saturated heterocycles. The van der Waals surface area contributed by atoms with Crippen LogP contribution in [0, 0.1) is 0 Å². The topological polar surface area (TPSA) is 60.9 Å². The Morgan fingerprint density at radius 2 is 1.69 bits per heavy atom. The van der Waals surface area contributed by atoms with Crippen LogP contribution in [-0.4, -0.2) is 61.0 Å². The van der Waals surface area contributed by atoms with Crippen LogP contribution in [0.4, 0.5) is 0 Å². The molecule has 13 heavy (non-hydrogen) atoms. The van der Waals surface area contributed by atoms with Crippen LogP contribution in [0.25, 0.3) is 0 Å². The standard InChI is InChI=1S/C8H16N2O3/c1-9(2)6(8(12)13)5-7(11)10(3)4/h6H,5H2,1-4H3,(H,12,13). The van der Waals surface area contributed by atoms with Crippen molar-refractivity contribution in [3.8, 4) is 0 Å². The number of nitrogens with zero attached hydrogens (tertiary/aromatic N) is 2. The third-order valence-corrected chi connectivity index (χ3v) is 1.78. The van der Waals surface area contributed by atoms with Crippen LogP contribution in [-0.2, 0) is 9.59 Å². The van der Waals surface area contributed by atoms with Crippen molar-refractivity contribution in [2.24, 2.45) is 0 Å². The summed E-state index contributed by atoms with van der Waals surface area (Å²) in [6.45, 7) is 0. The fraction of sp³-hybridized carbons (Fsp3) is 0.750. The fourth-order valence-corrected chi connectivity index (χ4v) is 0.839. The van der Waals surface area contributed by atoms with Gasteiger partial charge in [-0.05, 0) is 14.1 Å². The van der Waals surface area contributed by atoms with Gasteiger partial charge in [-0.2, -0.15) is 0 Å². The third kappa shape index (κ3) is 3.89. The van der Waals surface area contributed by atoms with Crippen molar-refractivity contribution in [2.75, 3.05) is 28.2 Å². The van der Waals surface area contributed by atoms with Crippen molar-refractivity contribution in [1.82, 2.24) is 9.80 Å². The van der Waals surface area contributed by atoms with E-state index in [0.29, 0.717) is 0 Å². The molecule has 0 bridgehead atoms. The second-order valence-electron chi connectivity index (χ2n) is 3.31. The zero-order valence-electron chi connectivity index (χ0n) is 8.44. The van der Waals surface area contributed by atoms with Gasteiger partial charge in [0.15, 0.2) is 0 Å². The highest BCUT2D eigenvalue weighted by atomic mass is 16.4. The molecule has 0 radical (unpaired) electrons. The molecule has 1 atom stereocenters. The van der Waals surface area contributed by atoms with E-state index in [-0.39, 0.29) is 12.3 Å². The fourth-order valence-electron chi connectivity index (χ4n) is 0.839.